The first kappa shape index (κ1) is 31.3. The molecule has 246 valence electrons. The molecule has 4 atom stereocenters. The van der Waals surface area contributed by atoms with Gasteiger partial charge < -0.3 is 0 Å². The molecule has 0 aliphatic heterocycles. The average Bonchev–Trinajstić information content (AvgIpc) is 3.46. The molecule has 0 saturated carbocycles. The van der Waals surface area contributed by atoms with Crippen LogP contribution >= 0.6 is 0 Å². The van der Waals surface area contributed by atoms with Crippen molar-refractivity contribution in [2.45, 2.75) is 97.3 Å². The molecular formula is C45H51N3. The molecule has 0 spiro atoms. The smallest absolute Gasteiger partial charge is 0.235 e. The fraction of sp³-hybridized carbons (Fsp3) is 0.422. The minimum absolute atomic E-state index is 0.464. The van der Waals surface area contributed by atoms with Crippen LogP contribution in [0.2, 0.25) is 0 Å². The molecule has 0 fully saturated rings. The molecule has 4 aliphatic rings. The molecule has 0 bridgehead atoms. The number of aromatic nitrogens is 3. The van der Waals surface area contributed by atoms with Crippen LogP contribution in [0.3, 0.4) is 0 Å². The van der Waals surface area contributed by atoms with E-state index in [4.69, 9.17) is 9.97 Å². The van der Waals surface area contributed by atoms with Crippen molar-refractivity contribution in [1.82, 2.24) is 14.5 Å². The van der Waals surface area contributed by atoms with E-state index in [1.54, 1.807) is 22.3 Å². The van der Waals surface area contributed by atoms with Crippen LogP contribution in [0.5, 0.6) is 0 Å². The lowest BCUT2D eigenvalue weighted by atomic mass is 9.60. The van der Waals surface area contributed by atoms with Crippen LogP contribution in [0, 0.1) is 23.7 Å². The van der Waals surface area contributed by atoms with Gasteiger partial charge in [-0.15, -0.1) is 0 Å². The van der Waals surface area contributed by atoms with Crippen molar-refractivity contribution in [3.05, 3.63) is 125 Å². The number of unbranched alkanes of at least 4 members (excludes halogenated alkanes) is 3. The molecule has 2 aromatic carbocycles. The maximum atomic E-state index is 5.42. The van der Waals surface area contributed by atoms with Gasteiger partial charge >= 0.3 is 0 Å². The molecule has 0 radical (unpaired) electrons. The van der Waals surface area contributed by atoms with Gasteiger partial charge in [0.25, 0.3) is 0 Å². The third-order valence-electron chi connectivity index (χ3n) is 12.1. The Kier molecular flexibility index (Phi) is 8.80. The van der Waals surface area contributed by atoms with Gasteiger partial charge in [-0.3, -0.25) is 4.57 Å². The highest BCUT2D eigenvalue weighted by atomic mass is 15.2. The van der Waals surface area contributed by atoms with Crippen molar-refractivity contribution < 1.29 is 0 Å². The maximum absolute atomic E-state index is 5.42. The van der Waals surface area contributed by atoms with Crippen molar-refractivity contribution >= 4 is 10.9 Å². The molecule has 0 N–H and O–H groups in total. The van der Waals surface area contributed by atoms with Crippen LogP contribution in [0.25, 0.3) is 28.1 Å². The normalized spacial score (nSPS) is 23.2. The molecule has 48 heavy (non-hydrogen) atoms. The van der Waals surface area contributed by atoms with Crippen LogP contribution in [0.1, 0.15) is 94.1 Å². The summed E-state index contributed by atoms with van der Waals surface area (Å²) in [6, 6.07) is 19.2. The van der Waals surface area contributed by atoms with Crippen molar-refractivity contribution in [3.63, 3.8) is 0 Å². The molecule has 3 nitrogen and oxygen atoms in total. The van der Waals surface area contributed by atoms with E-state index in [1.165, 1.54) is 81.2 Å². The van der Waals surface area contributed by atoms with Gasteiger partial charge in [0.1, 0.15) is 0 Å². The second kappa shape index (κ2) is 13.5. The van der Waals surface area contributed by atoms with Gasteiger partial charge in [-0.1, -0.05) is 117 Å². The zero-order valence-electron chi connectivity index (χ0n) is 29.1. The van der Waals surface area contributed by atoms with Crippen molar-refractivity contribution in [2.75, 3.05) is 0 Å². The van der Waals surface area contributed by atoms with Crippen LogP contribution in [-0.2, 0) is 25.7 Å². The predicted molar refractivity (Wildman–Crippen MR) is 200 cm³/mol. The SMILES string of the molecule is C=C(CCCCCC)C1=C(C)C[C@H]([C@@H]2CCc3c4c(n(-c5nc(-c6ccccc6)c6ccccc6n5)c3C2)CCCC4)[C@@H]2C=CC=CC12. The van der Waals surface area contributed by atoms with Crippen molar-refractivity contribution in [2.24, 2.45) is 23.7 Å². The first-order valence-corrected chi connectivity index (χ1v) is 18.9. The van der Waals surface area contributed by atoms with Gasteiger partial charge in [-0.25, -0.2) is 9.97 Å². The van der Waals surface area contributed by atoms with E-state index in [1.807, 2.05) is 0 Å². The summed E-state index contributed by atoms with van der Waals surface area (Å²) in [7, 11) is 0. The summed E-state index contributed by atoms with van der Waals surface area (Å²) in [5, 5.41) is 1.12. The number of para-hydroxylation sites is 1. The van der Waals surface area contributed by atoms with Gasteiger partial charge in [0.2, 0.25) is 5.95 Å². The Labute approximate surface area is 287 Å². The summed E-state index contributed by atoms with van der Waals surface area (Å²) in [6.07, 6.45) is 25.6. The number of allylic oxidation sites excluding steroid dienone is 7. The van der Waals surface area contributed by atoms with E-state index in [-0.39, 0.29) is 0 Å². The Morgan fingerprint density at radius 2 is 1.62 bits per heavy atom. The first-order chi connectivity index (χ1) is 23.6. The number of benzene rings is 2. The van der Waals surface area contributed by atoms with Gasteiger partial charge in [0.05, 0.1) is 11.2 Å². The first-order valence-electron chi connectivity index (χ1n) is 18.9. The number of nitrogens with zero attached hydrogens (tertiary/aromatic N) is 3. The second-order valence-corrected chi connectivity index (χ2v) is 15.0. The zero-order chi connectivity index (χ0) is 32.6. The molecule has 0 saturated heterocycles. The van der Waals surface area contributed by atoms with E-state index in [2.05, 4.69) is 104 Å². The molecule has 0 amide bonds. The molecule has 3 heteroatoms. The number of rotatable bonds is 9. The monoisotopic (exact) mass is 633 g/mol. The van der Waals surface area contributed by atoms with E-state index in [0.29, 0.717) is 23.7 Å². The lowest BCUT2D eigenvalue weighted by Crippen LogP contribution is -2.36. The zero-order valence-corrected chi connectivity index (χ0v) is 29.1. The second-order valence-electron chi connectivity index (χ2n) is 15.0. The highest BCUT2D eigenvalue weighted by Gasteiger charge is 2.42. The van der Waals surface area contributed by atoms with Gasteiger partial charge in [-0.2, -0.15) is 0 Å². The Hall–Kier alpha value is -3.98. The fourth-order valence-corrected chi connectivity index (χ4v) is 9.83. The standard InChI is InChI=1S/C45H51N3/c1-4-5-6-8-17-30(2)43-31(3)28-39(34-20-11-12-22-37(34)43)33-26-27-36-35-21-14-16-25-41(35)48(42(36)29-33)45-46-40-24-15-13-23-38(40)44(47-45)32-18-9-7-10-19-32/h7,9-13,15,18-20,22-24,33-34,37,39H,2,4-6,8,14,16-17,21,25-29H2,1,3H3/t33-,34-,37?,39-/m1/s1. The minimum atomic E-state index is 0.464. The Balaban J connectivity index is 1.18. The van der Waals surface area contributed by atoms with Crippen LogP contribution in [-0.4, -0.2) is 14.5 Å². The Morgan fingerprint density at radius 3 is 2.50 bits per heavy atom. The lowest BCUT2D eigenvalue weighted by Gasteiger charge is -2.44. The Bertz CT molecular complexity index is 1920. The summed E-state index contributed by atoms with van der Waals surface area (Å²) in [4.78, 5) is 10.7. The predicted octanol–water partition coefficient (Wildman–Crippen LogP) is 11.3. The molecule has 1 unspecified atom stereocenters. The third kappa shape index (κ3) is 5.63. The summed E-state index contributed by atoms with van der Waals surface area (Å²) in [6.45, 7) is 9.40. The summed E-state index contributed by atoms with van der Waals surface area (Å²) < 4.78 is 2.55. The largest absolute Gasteiger partial charge is 0.286 e. The molecule has 8 rings (SSSR count). The lowest BCUT2D eigenvalue weighted by molar-refractivity contribution is 0.196. The summed E-state index contributed by atoms with van der Waals surface area (Å²) in [5.41, 5.74) is 14.0. The number of fused-ring (bicyclic) bond motifs is 5. The highest BCUT2D eigenvalue weighted by molar-refractivity contribution is 5.92. The minimum Gasteiger partial charge on any atom is -0.286 e. The molecule has 4 aliphatic carbocycles. The third-order valence-corrected chi connectivity index (χ3v) is 12.1. The van der Waals surface area contributed by atoms with Crippen LogP contribution in [0.15, 0.2) is 102 Å². The summed E-state index contributed by atoms with van der Waals surface area (Å²) in [5.74, 6) is 3.16. The van der Waals surface area contributed by atoms with Gasteiger partial charge in [0.15, 0.2) is 0 Å². The molecule has 2 heterocycles. The molecule has 4 aromatic rings. The fourth-order valence-electron chi connectivity index (χ4n) is 9.83. The van der Waals surface area contributed by atoms with Gasteiger partial charge in [0, 0.05) is 28.3 Å². The van der Waals surface area contributed by atoms with E-state index >= 15 is 0 Å². The maximum Gasteiger partial charge on any atom is 0.235 e. The van der Waals surface area contributed by atoms with Crippen LogP contribution in [0.4, 0.5) is 0 Å². The number of hydrogen-bond donors (Lipinski definition) is 0. The molecule has 2 aromatic heterocycles. The van der Waals surface area contributed by atoms with Gasteiger partial charge in [-0.05, 0) is 112 Å². The van der Waals surface area contributed by atoms with E-state index < -0.39 is 0 Å². The quantitative estimate of drug-likeness (QED) is 0.172. The number of hydrogen-bond acceptors (Lipinski definition) is 2. The van der Waals surface area contributed by atoms with E-state index in [9.17, 15) is 0 Å². The molecular weight excluding hydrogens is 583 g/mol. The topological polar surface area (TPSA) is 30.7 Å². The van der Waals surface area contributed by atoms with Crippen molar-refractivity contribution in [3.8, 4) is 17.2 Å². The van der Waals surface area contributed by atoms with E-state index in [0.717, 1.165) is 47.4 Å². The van der Waals surface area contributed by atoms with Crippen molar-refractivity contribution in [1.29, 1.82) is 0 Å². The summed E-state index contributed by atoms with van der Waals surface area (Å²) >= 11 is 0. The Morgan fingerprint density at radius 1 is 0.833 bits per heavy atom. The highest BCUT2D eigenvalue weighted by Crippen LogP contribution is 2.51. The average molecular weight is 634 g/mol. The van der Waals surface area contributed by atoms with Crippen LogP contribution < -0.4 is 0 Å².